The Bertz CT molecular complexity index is 909. The van der Waals surface area contributed by atoms with Crippen LogP contribution in [-0.4, -0.2) is 32.3 Å². The smallest absolute Gasteiger partial charge is 0.251 e. The number of hydrogen-bond donors (Lipinski definition) is 2. The third-order valence-electron chi connectivity index (χ3n) is 3.73. The molecular weight excluding hydrogens is 362 g/mol. The zero-order valence-electron chi connectivity index (χ0n) is 14.8. The number of anilines is 1. The van der Waals surface area contributed by atoms with Crippen LogP contribution in [-0.2, 0) is 18.4 Å². The van der Waals surface area contributed by atoms with Crippen molar-refractivity contribution in [1.82, 2.24) is 20.1 Å². The van der Waals surface area contributed by atoms with Crippen LogP contribution in [0, 0.1) is 0 Å². The summed E-state index contributed by atoms with van der Waals surface area (Å²) in [5.74, 6) is -0.0786. The quantitative estimate of drug-likeness (QED) is 0.614. The lowest BCUT2D eigenvalue weighted by Crippen LogP contribution is -2.22. The van der Waals surface area contributed by atoms with Crippen LogP contribution in [0.3, 0.4) is 0 Å². The van der Waals surface area contributed by atoms with Crippen LogP contribution >= 0.6 is 11.8 Å². The molecule has 8 heteroatoms. The number of carbonyl (C=O) groups is 2. The summed E-state index contributed by atoms with van der Waals surface area (Å²) in [7, 11) is 1.82. The van der Waals surface area contributed by atoms with Gasteiger partial charge in [0.2, 0.25) is 5.91 Å². The van der Waals surface area contributed by atoms with E-state index in [1.54, 1.807) is 35.2 Å². The van der Waals surface area contributed by atoms with E-state index in [0.717, 1.165) is 5.56 Å². The first-order chi connectivity index (χ1) is 13.1. The van der Waals surface area contributed by atoms with Crippen molar-refractivity contribution in [3.05, 3.63) is 72.1 Å². The molecule has 0 spiro atoms. The van der Waals surface area contributed by atoms with Gasteiger partial charge in [0.15, 0.2) is 5.16 Å². The van der Waals surface area contributed by atoms with Crippen molar-refractivity contribution >= 4 is 29.3 Å². The first kappa shape index (κ1) is 18.7. The summed E-state index contributed by atoms with van der Waals surface area (Å²) >= 11 is 1.31. The summed E-state index contributed by atoms with van der Waals surface area (Å²) in [5, 5.41) is 14.0. The van der Waals surface area contributed by atoms with Crippen LogP contribution in [0.15, 0.2) is 66.1 Å². The lowest BCUT2D eigenvalue weighted by Gasteiger charge is -2.08. The Morgan fingerprint density at radius 2 is 1.81 bits per heavy atom. The van der Waals surface area contributed by atoms with Gasteiger partial charge in [0.1, 0.15) is 6.33 Å². The van der Waals surface area contributed by atoms with Gasteiger partial charge in [-0.1, -0.05) is 42.1 Å². The fraction of sp³-hybridized carbons (Fsp3) is 0.158. The topological polar surface area (TPSA) is 88.9 Å². The second-order valence-corrected chi connectivity index (χ2v) is 6.75. The van der Waals surface area contributed by atoms with Crippen molar-refractivity contribution in [1.29, 1.82) is 0 Å². The molecule has 0 unspecified atom stereocenters. The number of rotatable bonds is 7. The number of carbonyl (C=O) groups excluding carboxylic acids is 2. The molecule has 2 amide bonds. The molecule has 0 aliphatic carbocycles. The first-order valence-corrected chi connectivity index (χ1v) is 9.29. The summed E-state index contributed by atoms with van der Waals surface area (Å²) in [5.41, 5.74) is 2.21. The van der Waals surface area contributed by atoms with Gasteiger partial charge in [-0.2, -0.15) is 0 Å². The molecule has 2 N–H and O–H groups in total. The van der Waals surface area contributed by atoms with Crippen molar-refractivity contribution in [2.45, 2.75) is 11.7 Å². The number of thioether (sulfide) groups is 1. The predicted octanol–water partition coefficient (Wildman–Crippen LogP) is 2.48. The Kier molecular flexibility index (Phi) is 6.22. The van der Waals surface area contributed by atoms with Crippen LogP contribution in [0.25, 0.3) is 0 Å². The number of hydrogen-bond acceptors (Lipinski definition) is 5. The molecule has 0 saturated heterocycles. The second-order valence-electron chi connectivity index (χ2n) is 5.81. The largest absolute Gasteiger partial charge is 0.348 e. The lowest BCUT2D eigenvalue weighted by molar-refractivity contribution is -0.113. The average Bonchev–Trinajstić information content (AvgIpc) is 3.11. The van der Waals surface area contributed by atoms with Crippen LogP contribution in [0.1, 0.15) is 15.9 Å². The zero-order valence-corrected chi connectivity index (χ0v) is 15.6. The van der Waals surface area contributed by atoms with Gasteiger partial charge in [-0.15, -0.1) is 10.2 Å². The van der Waals surface area contributed by atoms with Gasteiger partial charge < -0.3 is 15.2 Å². The minimum Gasteiger partial charge on any atom is -0.348 e. The molecule has 1 aromatic heterocycles. The molecule has 0 bridgehead atoms. The second kappa shape index (κ2) is 9.00. The number of nitrogens with one attached hydrogen (secondary N) is 2. The molecule has 0 saturated carbocycles. The van der Waals surface area contributed by atoms with Crippen molar-refractivity contribution < 1.29 is 9.59 Å². The van der Waals surface area contributed by atoms with Crippen molar-refractivity contribution in [3.8, 4) is 0 Å². The maximum atomic E-state index is 12.2. The van der Waals surface area contributed by atoms with E-state index in [-0.39, 0.29) is 17.6 Å². The third-order valence-corrected chi connectivity index (χ3v) is 4.76. The van der Waals surface area contributed by atoms with Crippen LogP contribution in [0.5, 0.6) is 0 Å². The van der Waals surface area contributed by atoms with Gasteiger partial charge >= 0.3 is 0 Å². The fourth-order valence-corrected chi connectivity index (χ4v) is 3.00. The molecule has 7 nitrogen and oxygen atoms in total. The van der Waals surface area contributed by atoms with E-state index < -0.39 is 0 Å². The lowest BCUT2D eigenvalue weighted by atomic mass is 10.1. The van der Waals surface area contributed by atoms with Crippen LogP contribution in [0.2, 0.25) is 0 Å². The summed E-state index contributed by atoms with van der Waals surface area (Å²) in [6.45, 7) is 0.470. The Morgan fingerprint density at radius 3 is 2.48 bits per heavy atom. The molecule has 138 valence electrons. The molecule has 0 radical (unpaired) electrons. The van der Waals surface area contributed by atoms with E-state index in [1.165, 1.54) is 11.8 Å². The first-order valence-electron chi connectivity index (χ1n) is 8.30. The maximum Gasteiger partial charge on any atom is 0.251 e. The number of amides is 2. The molecule has 1 heterocycles. The van der Waals surface area contributed by atoms with E-state index in [1.807, 2.05) is 37.4 Å². The van der Waals surface area contributed by atoms with E-state index in [0.29, 0.717) is 23.0 Å². The number of nitrogens with zero attached hydrogens (tertiary/aromatic N) is 3. The molecule has 3 aromatic rings. The predicted molar refractivity (Wildman–Crippen MR) is 104 cm³/mol. The van der Waals surface area contributed by atoms with Crippen LogP contribution in [0.4, 0.5) is 5.69 Å². The summed E-state index contributed by atoms with van der Waals surface area (Å²) in [6, 6.07) is 16.5. The molecule has 0 fully saturated rings. The highest BCUT2D eigenvalue weighted by molar-refractivity contribution is 7.99. The SMILES string of the molecule is Cn1cnnc1SCC(=O)Nc1ccc(C(=O)NCc2ccccc2)cc1. The average molecular weight is 381 g/mol. The van der Waals surface area contributed by atoms with E-state index >= 15 is 0 Å². The van der Waals surface area contributed by atoms with Gasteiger partial charge in [-0.05, 0) is 29.8 Å². The van der Waals surface area contributed by atoms with Gasteiger partial charge in [-0.25, -0.2) is 0 Å². The Labute approximate surface area is 161 Å². The summed E-state index contributed by atoms with van der Waals surface area (Å²) in [4.78, 5) is 24.2. The monoisotopic (exact) mass is 381 g/mol. The molecule has 27 heavy (non-hydrogen) atoms. The minimum atomic E-state index is -0.158. The molecule has 0 aliphatic heterocycles. The maximum absolute atomic E-state index is 12.2. The van der Waals surface area contributed by atoms with Gasteiger partial charge in [-0.3, -0.25) is 9.59 Å². The molecule has 0 aliphatic rings. The third kappa shape index (κ3) is 5.42. The molecule has 0 atom stereocenters. The highest BCUT2D eigenvalue weighted by Crippen LogP contribution is 2.15. The highest BCUT2D eigenvalue weighted by atomic mass is 32.2. The Hall–Kier alpha value is -3.13. The van der Waals surface area contributed by atoms with Gasteiger partial charge in [0, 0.05) is 24.8 Å². The standard InChI is InChI=1S/C19H19N5O2S/c1-24-13-21-23-19(24)27-12-17(25)22-16-9-7-15(8-10-16)18(26)20-11-14-5-3-2-4-6-14/h2-10,13H,11-12H2,1H3,(H,20,26)(H,22,25). The highest BCUT2D eigenvalue weighted by Gasteiger charge is 2.09. The van der Waals surface area contributed by atoms with Gasteiger partial charge in [0.05, 0.1) is 5.75 Å². The fourth-order valence-electron chi connectivity index (χ4n) is 2.32. The number of benzene rings is 2. The van der Waals surface area contributed by atoms with Crippen molar-refractivity contribution in [2.75, 3.05) is 11.1 Å². The molecule has 2 aromatic carbocycles. The van der Waals surface area contributed by atoms with E-state index in [2.05, 4.69) is 20.8 Å². The molecular formula is C19H19N5O2S. The summed E-state index contributed by atoms with van der Waals surface area (Å²) < 4.78 is 1.75. The van der Waals surface area contributed by atoms with Crippen molar-refractivity contribution in [3.63, 3.8) is 0 Å². The van der Waals surface area contributed by atoms with Crippen molar-refractivity contribution in [2.24, 2.45) is 7.05 Å². The Balaban J connectivity index is 1.48. The van der Waals surface area contributed by atoms with Crippen LogP contribution < -0.4 is 10.6 Å². The number of aromatic nitrogens is 3. The van der Waals surface area contributed by atoms with E-state index in [4.69, 9.17) is 0 Å². The minimum absolute atomic E-state index is 0.149. The zero-order chi connectivity index (χ0) is 19.1. The van der Waals surface area contributed by atoms with E-state index in [9.17, 15) is 9.59 Å². The van der Waals surface area contributed by atoms with Gasteiger partial charge in [0.25, 0.3) is 5.91 Å². The summed E-state index contributed by atoms with van der Waals surface area (Å²) in [6.07, 6.45) is 1.59. The normalized spacial score (nSPS) is 10.4. The Morgan fingerprint density at radius 1 is 1.07 bits per heavy atom. The number of aryl methyl sites for hydroxylation is 1. The molecule has 3 rings (SSSR count).